The molecule has 0 bridgehead atoms. The molecule has 0 unspecified atom stereocenters. The molecule has 1 fully saturated rings. The predicted molar refractivity (Wildman–Crippen MR) is 117 cm³/mol. The van der Waals surface area contributed by atoms with E-state index in [0.717, 1.165) is 41.6 Å². The van der Waals surface area contributed by atoms with E-state index >= 15 is 0 Å². The van der Waals surface area contributed by atoms with E-state index in [0.29, 0.717) is 19.2 Å². The van der Waals surface area contributed by atoms with Gasteiger partial charge in [0.15, 0.2) is 17.5 Å². The van der Waals surface area contributed by atoms with Gasteiger partial charge in [0.05, 0.1) is 26.0 Å². The fraction of sp³-hybridized carbons (Fsp3) is 0.450. The lowest BCUT2D eigenvalue weighted by Gasteiger charge is -2.17. The van der Waals surface area contributed by atoms with Crippen LogP contribution in [0.4, 0.5) is 0 Å². The Labute approximate surface area is 177 Å². The second kappa shape index (κ2) is 11.1. The molecule has 1 saturated carbocycles. The zero-order valence-corrected chi connectivity index (χ0v) is 18.2. The average molecular weight is 485 g/mol. The average Bonchev–Trinajstić information content (AvgIpc) is 3.36. The van der Waals surface area contributed by atoms with Gasteiger partial charge in [-0.05, 0) is 55.5 Å². The summed E-state index contributed by atoms with van der Waals surface area (Å²) in [5.41, 5.74) is 1.11. The van der Waals surface area contributed by atoms with Crippen molar-refractivity contribution >= 4 is 29.9 Å². The number of guanidine groups is 1. The molecule has 1 heterocycles. The van der Waals surface area contributed by atoms with Gasteiger partial charge >= 0.3 is 0 Å². The highest BCUT2D eigenvalue weighted by molar-refractivity contribution is 14.0. The van der Waals surface area contributed by atoms with Gasteiger partial charge in [-0.3, -0.25) is 4.99 Å². The number of benzene rings is 1. The predicted octanol–water partition coefficient (Wildman–Crippen LogP) is 4.09. The zero-order valence-electron chi connectivity index (χ0n) is 15.9. The van der Waals surface area contributed by atoms with Gasteiger partial charge < -0.3 is 24.5 Å². The van der Waals surface area contributed by atoms with E-state index in [1.54, 1.807) is 20.4 Å². The Hall–Kier alpha value is -1.90. The molecule has 1 aliphatic rings. The van der Waals surface area contributed by atoms with E-state index in [4.69, 9.17) is 13.9 Å². The Morgan fingerprint density at radius 2 is 1.93 bits per heavy atom. The standard InChI is InChI=1S/C20H27N3O3.HI/c1-21-20(23-14-17-8-5-11-25-17)22-13-15-9-10-18(24-2)19(12-15)26-16-6-3-4-7-16;/h5,8-12,16H,3-4,6-7,13-14H2,1-2H3,(H2,21,22,23);1H. The molecule has 1 aromatic heterocycles. The molecule has 0 saturated heterocycles. The van der Waals surface area contributed by atoms with Crippen LogP contribution < -0.4 is 20.1 Å². The first-order valence-corrected chi connectivity index (χ1v) is 9.09. The van der Waals surface area contributed by atoms with Gasteiger partial charge in [-0.1, -0.05) is 6.07 Å². The Bertz CT molecular complexity index is 713. The van der Waals surface area contributed by atoms with Crippen molar-refractivity contribution in [3.05, 3.63) is 47.9 Å². The largest absolute Gasteiger partial charge is 0.493 e. The Morgan fingerprint density at radius 1 is 1.15 bits per heavy atom. The number of hydrogen-bond donors (Lipinski definition) is 2. The number of hydrogen-bond acceptors (Lipinski definition) is 4. The number of rotatable bonds is 7. The molecule has 0 spiro atoms. The molecule has 2 N–H and O–H groups in total. The van der Waals surface area contributed by atoms with Gasteiger partial charge in [0.1, 0.15) is 5.76 Å². The molecular formula is C20H28IN3O3. The van der Waals surface area contributed by atoms with Gasteiger partial charge in [-0.2, -0.15) is 0 Å². The van der Waals surface area contributed by atoms with Crippen molar-refractivity contribution in [2.45, 2.75) is 44.9 Å². The third-order valence-electron chi connectivity index (χ3n) is 4.52. The van der Waals surface area contributed by atoms with Crippen molar-refractivity contribution in [2.75, 3.05) is 14.2 Å². The quantitative estimate of drug-likeness (QED) is 0.351. The van der Waals surface area contributed by atoms with Crippen LogP contribution in [-0.4, -0.2) is 26.2 Å². The fourth-order valence-electron chi connectivity index (χ4n) is 3.10. The molecule has 0 aliphatic heterocycles. The third-order valence-corrected chi connectivity index (χ3v) is 4.52. The summed E-state index contributed by atoms with van der Waals surface area (Å²) in [6.45, 7) is 1.23. The Morgan fingerprint density at radius 3 is 2.59 bits per heavy atom. The fourth-order valence-corrected chi connectivity index (χ4v) is 3.10. The van der Waals surface area contributed by atoms with Crippen LogP contribution in [0.15, 0.2) is 46.0 Å². The molecule has 7 heteroatoms. The van der Waals surface area contributed by atoms with Gasteiger partial charge in [0.2, 0.25) is 0 Å². The summed E-state index contributed by atoms with van der Waals surface area (Å²) in [5, 5.41) is 6.53. The summed E-state index contributed by atoms with van der Waals surface area (Å²) < 4.78 is 16.9. The number of nitrogens with zero attached hydrogens (tertiary/aromatic N) is 1. The van der Waals surface area contributed by atoms with Crippen LogP contribution in [0.3, 0.4) is 0 Å². The first kappa shape index (κ1) is 21.4. The van der Waals surface area contributed by atoms with Crippen LogP contribution in [0, 0.1) is 0 Å². The molecule has 148 valence electrons. The zero-order chi connectivity index (χ0) is 18.2. The smallest absolute Gasteiger partial charge is 0.191 e. The first-order valence-electron chi connectivity index (χ1n) is 9.09. The number of furan rings is 1. The molecule has 1 aromatic carbocycles. The van der Waals surface area contributed by atoms with Crippen molar-refractivity contribution in [1.29, 1.82) is 0 Å². The summed E-state index contributed by atoms with van der Waals surface area (Å²) >= 11 is 0. The van der Waals surface area contributed by atoms with E-state index in [2.05, 4.69) is 15.6 Å². The molecule has 0 amide bonds. The summed E-state index contributed by atoms with van der Waals surface area (Å²) in [6.07, 6.45) is 6.69. The van der Waals surface area contributed by atoms with E-state index in [1.165, 1.54) is 12.8 Å². The molecule has 6 nitrogen and oxygen atoms in total. The maximum Gasteiger partial charge on any atom is 0.191 e. The van der Waals surface area contributed by atoms with Crippen molar-refractivity contribution in [2.24, 2.45) is 4.99 Å². The van der Waals surface area contributed by atoms with Gasteiger partial charge in [-0.25, -0.2) is 0 Å². The maximum atomic E-state index is 6.16. The van der Waals surface area contributed by atoms with E-state index in [-0.39, 0.29) is 24.0 Å². The molecule has 2 aromatic rings. The van der Waals surface area contributed by atoms with E-state index in [9.17, 15) is 0 Å². The molecule has 0 radical (unpaired) electrons. The van der Waals surface area contributed by atoms with E-state index < -0.39 is 0 Å². The number of nitrogens with one attached hydrogen (secondary N) is 2. The lowest BCUT2D eigenvalue weighted by molar-refractivity contribution is 0.200. The van der Waals surface area contributed by atoms with Crippen molar-refractivity contribution in [3.63, 3.8) is 0 Å². The van der Waals surface area contributed by atoms with Crippen LogP contribution in [0.1, 0.15) is 37.0 Å². The van der Waals surface area contributed by atoms with Crippen LogP contribution in [0.2, 0.25) is 0 Å². The van der Waals surface area contributed by atoms with Crippen molar-refractivity contribution in [3.8, 4) is 11.5 Å². The topological polar surface area (TPSA) is 68.0 Å². The number of aliphatic imine (C=N–C) groups is 1. The van der Waals surface area contributed by atoms with Crippen molar-refractivity contribution < 1.29 is 13.9 Å². The van der Waals surface area contributed by atoms with E-state index in [1.807, 2.05) is 30.3 Å². The minimum atomic E-state index is 0. The van der Waals surface area contributed by atoms with Crippen LogP contribution in [-0.2, 0) is 13.1 Å². The number of ether oxygens (including phenoxy) is 2. The van der Waals surface area contributed by atoms with Crippen LogP contribution in [0.5, 0.6) is 11.5 Å². The van der Waals surface area contributed by atoms with Gasteiger partial charge in [0, 0.05) is 13.6 Å². The lowest BCUT2D eigenvalue weighted by atomic mass is 10.2. The normalized spacial score (nSPS) is 14.5. The SMILES string of the molecule is CN=C(NCc1ccc(OC)c(OC2CCCC2)c1)NCc1ccco1.I. The number of methoxy groups -OCH3 is 1. The number of halogens is 1. The summed E-state index contributed by atoms with van der Waals surface area (Å²) in [7, 11) is 3.43. The lowest BCUT2D eigenvalue weighted by Crippen LogP contribution is -2.36. The first-order chi connectivity index (χ1) is 12.8. The molecule has 1 aliphatic carbocycles. The van der Waals surface area contributed by atoms with Crippen LogP contribution in [0.25, 0.3) is 0 Å². The molecule has 3 rings (SSSR count). The highest BCUT2D eigenvalue weighted by Crippen LogP contribution is 2.32. The highest BCUT2D eigenvalue weighted by atomic mass is 127. The molecular weight excluding hydrogens is 457 g/mol. The van der Waals surface area contributed by atoms with Gasteiger partial charge in [0.25, 0.3) is 0 Å². The third kappa shape index (κ3) is 6.34. The van der Waals surface area contributed by atoms with Crippen LogP contribution >= 0.6 is 24.0 Å². The molecule has 0 atom stereocenters. The Kier molecular flexibility index (Phi) is 8.77. The summed E-state index contributed by atoms with van der Waals surface area (Å²) in [6, 6.07) is 9.84. The van der Waals surface area contributed by atoms with Crippen molar-refractivity contribution in [1.82, 2.24) is 10.6 Å². The summed E-state index contributed by atoms with van der Waals surface area (Å²) in [4.78, 5) is 4.24. The Balaban J connectivity index is 0.00000261. The minimum absolute atomic E-state index is 0. The minimum Gasteiger partial charge on any atom is -0.493 e. The second-order valence-electron chi connectivity index (χ2n) is 6.37. The van der Waals surface area contributed by atoms with Gasteiger partial charge in [-0.15, -0.1) is 24.0 Å². The summed E-state index contributed by atoms with van der Waals surface area (Å²) in [5.74, 6) is 3.18. The maximum absolute atomic E-state index is 6.16. The molecule has 27 heavy (non-hydrogen) atoms. The second-order valence-corrected chi connectivity index (χ2v) is 6.37. The highest BCUT2D eigenvalue weighted by Gasteiger charge is 2.18. The monoisotopic (exact) mass is 485 g/mol.